The topological polar surface area (TPSA) is 147 Å². The van der Waals surface area contributed by atoms with Crippen LogP contribution in [0.4, 0.5) is 16.6 Å². The number of sulfonamides is 1. The molecule has 168 valence electrons. The van der Waals surface area contributed by atoms with Crippen molar-refractivity contribution in [2.75, 3.05) is 15.8 Å². The minimum absolute atomic E-state index is 0.0150. The van der Waals surface area contributed by atoms with E-state index in [0.29, 0.717) is 28.6 Å². The molecule has 4 rings (SSSR count). The van der Waals surface area contributed by atoms with Crippen LogP contribution in [0.3, 0.4) is 0 Å². The summed E-state index contributed by atoms with van der Waals surface area (Å²) in [4.78, 5) is 7.88. The van der Waals surface area contributed by atoms with E-state index in [1.54, 1.807) is 24.4 Å². The summed E-state index contributed by atoms with van der Waals surface area (Å²) in [6.45, 7) is 0.407. The average Bonchev–Trinajstić information content (AvgIpc) is 3.30. The first-order valence-corrected chi connectivity index (χ1v) is 12.2. The summed E-state index contributed by atoms with van der Waals surface area (Å²) in [5.41, 5.74) is 9.56. The summed E-state index contributed by atoms with van der Waals surface area (Å²) < 4.78 is 31.4. The van der Waals surface area contributed by atoms with Crippen LogP contribution in [0.15, 0.2) is 66.0 Å². The lowest BCUT2D eigenvalue weighted by molar-refractivity contribution is 0.601. The fourth-order valence-corrected chi connectivity index (χ4v) is 5.03. The van der Waals surface area contributed by atoms with Gasteiger partial charge in [-0.15, -0.1) is 0 Å². The molecule has 2 heterocycles. The number of nitrogens with two attached hydrogens (primary N) is 1. The van der Waals surface area contributed by atoms with Crippen molar-refractivity contribution >= 4 is 56.0 Å². The Kier molecular flexibility index (Phi) is 6.54. The third-order valence-electron chi connectivity index (χ3n) is 4.71. The fraction of sp³-hybridized carbons (Fsp3) is 0.0476. The summed E-state index contributed by atoms with van der Waals surface area (Å²) >= 11 is 7.15. The summed E-state index contributed by atoms with van der Waals surface area (Å²) in [6, 6.07) is 13.7. The molecule has 0 fully saturated rings. The molecule has 0 aliphatic carbocycles. The molecule has 0 aliphatic rings. The van der Waals surface area contributed by atoms with Gasteiger partial charge in [-0.05, 0) is 59.2 Å². The van der Waals surface area contributed by atoms with E-state index in [0.717, 1.165) is 34.4 Å². The van der Waals surface area contributed by atoms with Crippen molar-refractivity contribution in [3.8, 4) is 11.1 Å². The monoisotopic (exact) mass is 499 g/mol. The van der Waals surface area contributed by atoms with Crippen molar-refractivity contribution in [2.45, 2.75) is 11.4 Å². The lowest BCUT2D eigenvalue weighted by atomic mass is 10.00. The van der Waals surface area contributed by atoms with Crippen molar-refractivity contribution in [2.24, 2.45) is 0 Å². The van der Waals surface area contributed by atoms with Gasteiger partial charge in [0.15, 0.2) is 0 Å². The van der Waals surface area contributed by atoms with Crippen LogP contribution in [-0.2, 0) is 16.6 Å². The van der Waals surface area contributed by atoms with E-state index in [9.17, 15) is 8.42 Å². The van der Waals surface area contributed by atoms with E-state index in [2.05, 4.69) is 24.4 Å². The Morgan fingerprint density at radius 2 is 1.97 bits per heavy atom. The Labute approximate surface area is 199 Å². The quantitative estimate of drug-likeness (QED) is 0.265. The van der Waals surface area contributed by atoms with Gasteiger partial charge in [0.2, 0.25) is 5.13 Å². The summed E-state index contributed by atoms with van der Waals surface area (Å²) in [6.07, 6.45) is 3.99. The Hall–Kier alpha value is -3.54. The molecule has 9 nitrogen and oxygen atoms in total. The first-order valence-electron chi connectivity index (χ1n) is 9.54. The van der Waals surface area contributed by atoms with Crippen LogP contribution in [0.25, 0.3) is 11.1 Å². The molecular weight excluding hydrogens is 482 g/mol. The molecule has 0 aliphatic heterocycles. The Balaban J connectivity index is 1.59. The van der Waals surface area contributed by atoms with Crippen molar-refractivity contribution in [1.29, 1.82) is 5.41 Å². The molecular formula is C21H18ClN7O2S2. The lowest BCUT2D eigenvalue weighted by Gasteiger charge is -2.15. The van der Waals surface area contributed by atoms with Crippen molar-refractivity contribution < 1.29 is 8.42 Å². The highest BCUT2D eigenvalue weighted by Gasteiger charge is 2.17. The molecule has 12 heteroatoms. The van der Waals surface area contributed by atoms with Gasteiger partial charge >= 0.3 is 0 Å². The maximum atomic E-state index is 12.6. The van der Waals surface area contributed by atoms with Gasteiger partial charge < -0.3 is 16.5 Å². The number of halogens is 1. The van der Waals surface area contributed by atoms with Crippen molar-refractivity contribution in [3.63, 3.8) is 0 Å². The largest absolute Gasteiger partial charge is 0.384 e. The Bertz CT molecular complexity index is 1410. The fourth-order valence-electron chi connectivity index (χ4n) is 3.16. The van der Waals surface area contributed by atoms with Gasteiger partial charge in [-0.25, -0.2) is 18.4 Å². The summed E-state index contributed by atoms with van der Waals surface area (Å²) in [7, 11) is -3.86. The minimum Gasteiger partial charge on any atom is -0.384 e. The first-order chi connectivity index (χ1) is 15.9. The zero-order valence-corrected chi connectivity index (χ0v) is 19.4. The van der Waals surface area contributed by atoms with Gasteiger partial charge in [-0.2, -0.15) is 4.37 Å². The van der Waals surface area contributed by atoms with Gasteiger partial charge in [0, 0.05) is 46.8 Å². The smallest absolute Gasteiger partial charge is 0.263 e. The summed E-state index contributed by atoms with van der Waals surface area (Å²) in [5, 5.41) is 11.8. The second-order valence-corrected chi connectivity index (χ2v) is 9.77. The number of nitrogen functional groups attached to an aromatic ring is 1. The summed E-state index contributed by atoms with van der Waals surface area (Å²) in [5.74, 6) is 0.399. The number of pyridine rings is 1. The minimum atomic E-state index is -3.86. The maximum Gasteiger partial charge on any atom is 0.263 e. The standard InChI is InChI=1S/C21H18ClN7O2S2/c22-16-2-1-14(18(9-16)13-5-6-25-20(24)8-13)11-26-19-4-3-17(7-15(19)10-23)33(30,31)29-21-27-12-28-32-21/h1-10,12,23,26H,11H2,(H2,24,25)(H,27,28,29). The maximum absolute atomic E-state index is 12.6. The zero-order valence-electron chi connectivity index (χ0n) is 17.0. The predicted octanol–water partition coefficient (Wildman–Crippen LogP) is 4.25. The van der Waals surface area contributed by atoms with Crippen molar-refractivity contribution in [3.05, 3.63) is 77.2 Å². The highest BCUT2D eigenvalue weighted by molar-refractivity contribution is 7.93. The lowest BCUT2D eigenvalue weighted by Crippen LogP contribution is -2.13. The molecule has 0 radical (unpaired) electrons. The number of aromatic nitrogens is 3. The van der Waals surface area contributed by atoms with E-state index in [1.165, 1.54) is 18.5 Å². The average molecular weight is 500 g/mol. The molecule has 2 aromatic carbocycles. The second-order valence-electron chi connectivity index (χ2n) is 6.87. The van der Waals surface area contributed by atoms with Gasteiger partial charge in [0.05, 0.1) is 4.90 Å². The molecule has 0 bridgehead atoms. The predicted molar refractivity (Wildman–Crippen MR) is 131 cm³/mol. The first kappa shape index (κ1) is 22.6. The third-order valence-corrected chi connectivity index (χ3v) is 6.99. The van der Waals surface area contributed by atoms with E-state index >= 15 is 0 Å². The second kappa shape index (κ2) is 9.53. The molecule has 0 atom stereocenters. The molecule has 0 saturated heterocycles. The van der Waals surface area contributed by atoms with Crippen LogP contribution in [0.5, 0.6) is 0 Å². The number of nitrogens with zero attached hydrogens (tertiary/aromatic N) is 3. The van der Waals surface area contributed by atoms with E-state index in [-0.39, 0.29) is 10.0 Å². The van der Waals surface area contributed by atoms with Gasteiger partial charge in [0.25, 0.3) is 10.0 Å². The highest BCUT2D eigenvalue weighted by atomic mass is 35.5. The van der Waals surface area contributed by atoms with Gasteiger partial charge in [-0.1, -0.05) is 17.7 Å². The molecule has 0 saturated carbocycles. The van der Waals surface area contributed by atoms with Crippen LogP contribution >= 0.6 is 23.1 Å². The number of benzene rings is 2. The zero-order chi connectivity index (χ0) is 23.4. The molecule has 5 N–H and O–H groups in total. The third kappa shape index (κ3) is 5.28. The molecule has 33 heavy (non-hydrogen) atoms. The van der Waals surface area contributed by atoms with Crippen LogP contribution in [0, 0.1) is 5.41 Å². The molecule has 2 aromatic heterocycles. The number of rotatable bonds is 8. The molecule has 0 amide bonds. The van der Waals surface area contributed by atoms with E-state index < -0.39 is 10.0 Å². The van der Waals surface area contributed by atoms with Gasteiger partial charge in [0.1, 0.15) is 12.1 Å². The number of anilines is 3. The highest BCUT2D eigenvalue weighted by Crippen LogP contribution is 2.29. The van der Waals surface area contributed by atoms with Crippen LogP contribution in [-0.4, -0.2) is 29.0 Å². The Morgan fingerprint density at radius 1 is 1.12 bits per heavy atom. The number of hydrogen-bond acceptors (Lipinski definition) is 9. The van der Waals surface area contributed by atoms with Crippen molar-refractivity contribution in [1.82, 2.24) is 14.3 Å². The number of hydrogen-bond donors (Lipinski definition) is 4. The Morgan fingerprint density at radius 3 is 2.70 bits per heavy atom. The molecule has 0 spiro atoms. The number of nitrogens with one attached hydrogen (secondary N) is 3. The van der Waals surface area contributed by atoms with Crippen LogP contribution in [0.2, 0.25) is 5.02 Å². The SMILES string of the molecule is N=Cc1cc(S(=O)(=O)Nc2ncns2)ccc1NCc1ccc(Cl)cc1-c1ccnc(N)c1. The molecule has 4 aromatic rings. The van der Waals surface area contributed by atoms with E-state index in [4.69, 9.17) is 22.7 Å². The van der Waals surface area contributed by atoms with E-state index in [1.807, 2.05) is 18.2 Å². The normalized spacial score (nSPS) is 11.2. The molecule has 0 unspecified atom stereocenters. The van der Waals surface area contributed by atoms with Gasteiger partial charge in [-0.3, -0.25) is 4.72 Å². The van der Waals surface area contributed by atoms with Crippen LogP contribution in [0.1, 0.15) is 11.1 Å². The van der Waals surface area contributed by atoms with Crippen LogP contribution < -0.4 is 15.8 Å².